The Labute approximate surface area is 198 Å². The molecule has 172 valence electrons. The molecule has 0 aromatic heterocycles. The Kier molecular flexibility index (Phi) is 6.32. The molecule has 2 aliphatic rings. The van der Waals surface area contributed by atoms with Crippen molar-refractivity contribution in [3.8, 4) is 5.75 Å². The van der Waals surface area contributed by atoms with Crippen molar-refractivity contribution in [3.05, 3.63) is 76.5 Å². The lowest BCUT2D eigenvalue weighted by Gasteiger charge is -2.43. The number of nitrogens with zero attached hydrogens (tertiary/aromatic N) is 2. The minimum absolute atomic E-state index is 0.276. The Morgan fingerprint density at radius 2 is 1.67 bits per heavy atom. The Hall–Kier alpha value is -3.10. The Balaban J connectivity index is 1.74. The number of hydrazone groups is 1. The number of hydrogen-bond acceptors (Lipinski definition) is 4. The van der Waals surface area contributed by atoms with E-state index in [1.54, 1.807) is 0 Å². The molecule has 33 heavy (non-hydrogen) atoms. The van der Waals surface area contributed by atoms with Crippen LogP contribution < -0.4 is 10.2 Å². The van der Waals surface area contributed by atoms with Crippen LogP contribution in [-0.4, -0.2) is 18.3 Å². The van der Waals surface area contributed by atoms with Crippen LogP contribution in [0.4, 0.5) is 0 Å². The van der Waals surface area contributed by atoms with Crippen LogP contribution in [0.5, 0.6) is 5.75 Å². The van der Waals surface area contributed by atoms with E-state index in [2.05, 4.69) is 105 Å². The topological polar surface area (TPSA) is 46.0 Å². The maximum Gasteiger partial charge on any atom is 0.161 e. The normalized spacial score (nSPS) is 18.8. The number of benzene rings is 2. The van der Waals surface area contributed by atoms with Crippen LogP contribution in [0.1, 0.15) is 70.6 Å². The van der Waals surface area contributed by atoms with Gasteiger partial charge in [-0.25, -0.2) is 4.99 Å². The van der Waals surface area contributed by atoms with E-state index >= 15 is 0 Å². The van der Waals surface area contributed by atoms with E-state index in [0.29, 0.717) is 12.4 Å². The predicted octanol–water partition coefficient (Wildman–Crippen LogP) is 6.90. The molecular weight excluding hydrogens is 406 g/mol. The van der Waals surface area contributed by atoms with Crippen LogP contribution in [0.25, 0.3) is 5.57 Å². The number of ether oxygens (including phenoxy) is 1. The summed E-state index contributed by atoms with van der Waals surface area (Å²) in [5.41, 5.74) is 10.6. The van der Waals surface area contributed by atoms with Crippen molar-refractivity contribution < 1.29 is 4.74 Å². The second-order valence-corrected chi connectivity index (χ2v) is 11.0. The van der Waals surface area contributed by atoms with Gasteiger partial charge in [-0.3, -0.25) is 5.43 Å². The average Bonchev–Trinajstić information content (AvgIpc) is 2.73. The molecule has 0 spiro atoms. The van der Waals surface area contributed by atoms with Crippen LogP contribution >= 0.6 is 0 Å². The average molecular weight is 442 g/mol. The van der Waals surface area contributed by atoms with E-state index in [1.807, 2.05) is 6.92 Å². The fourth-order valence-electron chi connectivity index (χ4n) is 5.54. The third-order valence-corrected chi connectivity index (χ3v) is 6.30. The molecule has 4 rings (SSSR count). The summed E-state index contributed by atoms with van der Waals surface area (Å²) >= 11 is 0. The van der Waals surface area contributed by atoms with E-state index in [0.717, 1.165) is 29.9 Å². The second-order valence-electron chi connectivity index (χ2n) is 11.0. The quantitative estimate of drug-likeness (QED) is 0.548. The van der Waals surface area contributed by atoms with Crippen molar-refractivity contribution in [3.63, 3.8) is 0 Å². The summed E-state index contributed by atoms with van der Waals surface area (Å²) in [6, 6.07) is 17.4. The highest BCUT2D eigenvalue weighted by Crippen LogP contribution is 2.51. The Morgan fingerprint density at radius 1 is 0.970 bits per heavy atom. The van der Waals surface area contributed by atoms with Crippen LogP contribution in [0.15, 0.2) is 69.9 Å². The van der Waals surface area contributed by atoms with Crippen LogP contribution in [0, 0.1) is 17.8 Å². The molecule has 0 radical (unpaired) electrons. The Morgan fingerprint density at radius 3 is 2.33 bits per heavy atom. The van der Waals surface area contributed by atoms with Gasteiger partial charge in [0.05, 0.1) is 0 Å². The standard InChI is InChI=1S/C29H35N3O/c1-20-12-13-23(14-25(20)33-18-26-31-21(2)17-30-32-26)27(22-10-8-7-9-11-22)24-15-28(3,4)19-29(5,6)16-24/h7-14H,15-16,18-19H2,1-6H3,(H,31,32). The number of rotatable bonds is 5. The van der Waals surface area contributed by atoms with Gasteiger partial charge in [0.2, 0.25) is 0 Å². The number of hydrogen-bond donors (Lipinski definition) is 1. The van der Waals surface area contributed by atoms with Crippen molar-refractivity contribution >= 4 is 17.3 Å². The van der Waals surface area contributed by atoms with Crippen LogP contribution in [0.2, 0.25) is 0 Å². The monoisotopic (exact) mass is 441 g/mol. The van der Waals surface area contributed by atoms with Gasteiger partial charge in [-0.2, -0.15) is 0 Å². The maximum absolute atomic E-state index is 6.20. The van der Waals surface area contributed by atoms with E-state index < -0.39 is 0 Å². The minimum Gasteiger partial charge on any atom is -0.485 e. The summed E-state index contributed by atoms with van der Waals surface area (Å²) in [5.74, 6) is 4.35. The first-order valence-corrected chi connectivity index (χ1v) is 11.8. The molecule has 0 amide bonds. The van der Waals surface area contributed by atoms with Gasteiger partial charge in [-0.15, -0.1) is 5.10 Å². The zero-order valence-electron chi connectivity index (χ0n) is 20.7. The number of nitrogens with one attached hydrogen (secondary N) is 1. The van der Waals surface area contributed by atoms with Gasteiger partial charge < -0.3 is 4.74 Å². The molecule has 0 unspecified atom stereocenters. The molecule has 0 atom stereocenters. The molecule has 2 aromatic carbocycles. The fraction of sp³-hybridized carbons (Fsp3) is 0.414. The van der Waals surface area contributed by atoms with Crippen molar-refractivity contribution in [2.45, 2.75) is 60.8 Å². The van der Waals surface area contributed by atoms with Gasteiger partial charge in [-0.05, 0) is 72.3 Å². The third-order valence-electron chi connectivity index (χ3n) is 6.30. The van der Waals surface area contributed by atoms with Crippen LogP contribution in [-0.2, 0) is 0 Å². The van der Waals surface area contributed by atoms with Crippen molar-refractivity contribution in [2.75, 3.05) is 6.61 Å². The van der Waals surface area contributed by atoms with Crippen molar-refractivity contribution in [1.29, 1.82) is 0 Å². The van der Waals surface area contributed by atoms with E-state index in [4.69, 9.17) is 4.74 Å². The lowest BCUT2D eigenvalue weighted by molar-refractivity contribution is 0.154. The molecular formula is C29H35N3O. The number of amidine groups is 1. The minimum atomic E-state index is 0.276. The summed E-state index contributed by atoms with van der Waals surface area (Å²) in [6.07, 6.45) is 3.45. The number of allylic oxidation sites excluding steroid dienone is 2. The molecule has 1 fully saturated rings. The van der Waals surface area contributed by atoms with Crippen molar-refractivity contribution in [2.24, 2.45) is 20.9 Å². The second kappa shape index (κ2) is 9.03. The number of aryl methyl sites for hydroxylation is 1. The zero-order valence-corrected chi connectivity index (χ0v) is 20.7. The van der Waals surface area contributed by atoms with Gasteiger partial charge in [0, 0.05) is 5.87 Å². The van der Waals surface area contributed by atoms with Crippen molar-refractivity contribution in [1.82, 2.24) is 5.43 Å². The molecule has 1 heterocycles. The zero-order chi connectivity index (χ0) is 23.6. The first kappa shape index (κ1) is 23.1. The molecule has 1 aliphatic heterocycles. The van der Waals surface area contributed by atoms with Gasteiger partial charge >= 0.3 is 0 Å². The Bertz CT molecular complexity index is 1140. The summed E-state index contributed by atoms with van der Waals surface area (Å²) in [5, 5.41) is 3.99. The fourth-order valence-corrected chi connectivity index (χ4v) is 5.54. The highest BCUT2D eigenvalue weighted by Gasteiger charge is 2.37. The van der Waals surface area contributed by atoms with Gasteiger partial charge in [0.15, 0.2) is 5.84 Å². The smallest absolute Gasteiger partial charge is 0.161 e. The molecule has 2 aromatic rings. The molecule has 4 heteroatoms. The summed E-state index contributed by atoms with van der Waals surface area (Å²) in [7, 11) is 0. The van der Waals surface area contributed by atoms with Gasteiger partial charge in [0.25, 0.3) is 0 Å². The third kappa shape index (κ3) is 5.64. The first-order valence-electron chi connectivity index (χ1n) is 11.8. The molecule has 1 N–H and O–H groups in total. The lowest BCUT2D eigenvalue weighted by atomic mass is 9.62. The highest BCUT2D eigenvalue weighted by molar-refractivity contribution is 5.88. The van der Waals surface area contributed by atoms with Gasteiger partial charge in [0.1, 0.15) is 18.1 Å². The molecule has 0 bridgehead atoms. The first-order chi connectivity index (χ1) is 15.6. The van der Waals surface area contributed by atoms with E-state index in [9.17, 15) is 0 Å². The molecule has 1 saturated carbocycles. The highest BCUT2D eigenvalue weighted by atomic mass is 16.5. The van der Waals surface area contributed by atoms with Crippen LogP contribution in [0.3, 0.4) is 0 Å². The summed E-state index contributed by atoms with van der Waals surface area (Å²) in [4.78, 5) is 4.42. The molecule has 4 nitrogen and oxygen atoms in total. The summed E-state index contributed by atoms with van der Waals surface area (Å²) in [6.45, 7) is 13.9. The summed E-state index contributed by atoms with van der Waals surface area (Å²) < 4.78 is 6.20. The molecule has 0 saturated heterocycles. The SMILES string of the molecule is CC1=C=NNC(COc2cc(C(=C3CC(C)(C)CC(C)(C)C3)c3ccccc3)ccc2C)=N1. The lowest BCUT2D eigenvalue weighted by Crippen LogP contribution is -2.30. The molecule has 1 aliphatic carbocycles. The predicted molar refractivity (Wildman–Crippen MR) is 138 cm³/mol. The van der Waals surface area contributed by atoms with E-state index in [-0.39, 0.29) is 10.8 Å². The van der Waals surface area contributed by atoms with E-state index in [1.165, 1.54) is 28.7 Å². The number of aliphatic imine (C=N–C) groups is 1. The van der Waals surface area contributed by atoms with Gasteiger partial charge in [-0.1, -0.05) is 75.7 Å². The largest absolute Gasteiger partial charge is 0.485 e. The maximum atomic E-state index is 6.20.